The number of rotatable bonds is 2. The number of hydrogen-bond acceptors (Lipinski definition) is 8. The SMILES string of the molecule is C[C@H]1CN(c2ccc(C#N)c3ncccc23)C[C@H]2COc3nc(N4CCNCC4)ccc3CN21. The van der Waals surface area contributed by atoms with E-state index in [9.17, 15) is 5.26 Å². The van der Waals surface area contributed by atoms with Gasteiger partial charge in [0.05, 0.1) is 17.1 Å². The molecule has 5 heterocycles. The summed E-state index contributed by atoms with van der Waals surface area (Å²) in [6, 6.07) is 15.2. The summed E-state index contributed by atoms with van der Waals surface area (Å²) in [5.41, 5.74) is 3.68. The first-order chi connectivity index (χ1) is 16.7. The maximum Gasteiger partial charge on any atom is 0.219 e. The zero-order chi connectivity index (χ0) is 23.1. The van der Waals surface area contributed by atoms with Crippen LogP contribution in [0.2, 0.25) is 0 Å². The fourth-order valence-corrected chi connectivity index (χ4v) is 5.52. The van der Waals surface area contributed by atoms with E-state index < -0.39 is 0 Å². The van der Waals surface area contributed by atoms with Crippen LogP contribution < -0.4 is 19.9 Å². The van der Waals surface area contributed by atoms with Gasteiger partial charge in [-0.2, -0.15) is 10.2 Å². The van der Waals surface area contributed by atoms with Crippen molar-refractivity contribution in [2.75, 3.05) is 55.7 Å². The first-order valence-corrected chi connectivity index (χ1v) is 12.1. The highest BCUT2D eigenvalue weighted by Gasteiger charge is 2.36. The van der Waals surface area contributed by atoms with E-state index in [4.69, 9.17) is 9.72 Å². The molecule has 3 aromatic rings. The van der Waals surface area contributed by atoms with Gasteiger partial charge in [-0.3, -0.25) is 9.88 Å². The number of benzene rings is 1. The van der Waals surface area contributed by atoms with Gasteiger partial charge in [-0.05, 0) is 43.3 Å². The summed E-state index contributed by atoms with van der Waals surface area (Å²) < 4.78 is 6.33. The van der Waals surface area contributed by atoms with E-state index in [0.29, 0.717) is 18.2 Å². The molecule has 0 radical (unpaired) electrons. The second-order valence-corrected chi connectivity index (χ2v) is 9.41. The van der Waals surface area contributed by atoms with Crippen molar-refractivity contribution in [3.63, 3.8) is 0 Å². The van der Waals surface area contributed by atoms with Gasteiger partial charge >= 0.3 is 0 Å². The summed E-state index contributed by atoms with van der Waals surface area (Å²) in [6.07, 6.45) is 1.76. The molecule has 2 fully saturated rings. The molecule has 1 aromatic carbocycles. The highest BCUT2D eigenvalue weighted by atomic mass is 16.5. The van der Waals surface area contributed by atoms with E-state index in [1.807, 2.05) is 12.1 Å². The summed E-state index contributed by atoms with van der Waals surface area (Å²) in [6.45, 7) is 9.44. The molecule has 0 spiro atoms. The number of anilines is 2. The van der Waals surface area contributed by atoms with Gasteiger partial charge in [0.2, 0.25) is 5.88 Å². The average Bonchev–Trinajstić information content (AvgIpc) is 3.08. The number of piperazine rings is 2. The van der Waals surface area contributed by atoms with Crippen molar-refractivity contribution in [1.29, 1.82) is 5.26 Å². The molecule has 3 aliphatic heterocycles. The number of nitrogens with one attached hydrogen (secondary N) is 1. The van der Waals surface area contributed by atoms with Crippen molar-refractivity contribution < 1.29 is 4.74 Å². The lowest BCUT2D eigenvalue weighted by Crippen LogP contribution is -2.58. The predicted molar refractivity (Wildman–Crippen MR) is 132 cm³/mol. The van der Waals surface area contributed by atoms with Gasteiger partial charge in [0, 0.05) is 74.7 Å². The minimum absolute atomic E-state index is 0.253. The molecular formula is C26H29N7O. The predicted octanol–water partition coefficient (Wildman–Crippen LogP) is 2.38. The maximum atomic E-state index is 9.51. The smallest absolute Gasteiger partial charge is 0.219 e. The first kappa shape index (κ1) is 21.1. The molecule has 8 heteroatoms. The monoisotopic (exact) mass is 455 g/mol. The van der Waals surface area contributed by atoms with Crippen molar-refractivity contribution in [2.24, 2.45) is 0 Å². The third kappa shape index (κ3) is 3.71. The van der Waals surface area contributed by atoms with Crippen LogP contribution in [0.3, 0.4) is 0 Å². The van der Waals surface area contributed by atoms with Crippen LogP contribution in [0.4, 0.5) is 11.5 Å². The molecule has 6 rings (SSSR count). The Balaban J connectivity index is 1.26. The van der Waals surface area contributed by atoms with Crippen LogP contribution in [0.25, 0.3) is 10.9 Å². The molecule has 0 aliphatic carbocycles. The molecule has 1 N–H and O–H groups in total. The Kier molecular flexibility index (Phi) is 5.44. The van der Waals surface area contributed by atoms with Crippen LogP contribution in [-0.2, 0) is 6.54 Å². The van der Waals surface area contributed by atoms with Crippen LogP contribution in [0.15, 0.2) is 42.6 Å². The van der Waals surface area contributed by atoms with E-state index in [-0.39, 0.29) is 6.04 Å². The molecule has 34 heavy (non-hydrogen) atoms. The molecule has 0 amide bonds. The standard InChI is InChI=1S/C26H29N7O/c1-18-14-32(23-6-4-19(13-27)25-22(23)3-2-8-29-25)16-21-17-34-26-20(15-33(18)21)5-7-24(30-26)31-11-9-28-10-12-31/h2-8,18,21,28H,9-12,14-17H2,1H3/t18-,21-/m0/s1. The number of nitrogens with zero attached hydrogens (tertiary/aromatic N) is 6. The summed E-state index contributed by atoms with van der Waals surface area (Å²) in [4.78, 5) is 16.7. The lowest BCUT2D eigenvalue weighted by molar-refractivity contribution is 0.0884. The van der Waals surface area contributed by atoms with Crippen LogP contribution >= 0.6 is 0 Å². The Morgan fingerprint density at radius 2 is 1.97 bits per heavy atom. The van der Waals surface area contributed by atoms with Crippen molar-refractivity contribution in [3.05, 3.63) is 53.7 Å². The van der Waals surface area contributed by atoms with Gasteiger partial charge < -0.3 is 19.9 Å². The van der Waals surface area contributed by atoms with Crippen LogP contribution in [0, 0.1) is 11.3 Å². The zero-order valence-electron chi connectivity index (χ0n) is 19.4. The van der Waals surface area contributed by atoms with E-state index in [2.05, 4.69) is 62.3 Å². The van der Waals surface area contributed by atoms with E-state index >= 15 is 0 Å². The van der Waals surface area contributed by atoms with Gasteiger partial charge in [0.25, 0.3) is 0 Å². The Labute approximate surface area is 199 Å². The molecule has 2 aromatic heterocycles. The maximum absolute atomic E-state index is 9.51. The fraction of sp³-hybridized carbons (Fsp3) is 0.423. The number of ether oxygens (including phenoxy) is 1. The Bertz CT molecular complexity index is 1250. The van der Waals surface area contributed by atoms with Gasteiger partial charge in [-0.25, -0.2) is 0 Å². The lowest BCUT2D eigenvalue weighted by atomic mass is 10.0. The van der Waals surface area contributed by atoms with E-state index in [1.54, 1.807) is 6.20 Å². The van der Waals surface area contributed by atoms with Gasteiger partial charge in [-0.15, -0.1) is 0 Å². The van der Waals surface area contributed by atoms with Crippen molar-refractivity contribution in [2.45, 2.75) is 25.6 Å². The normalized spacial score (nSPS) is 22.9. The van der Waals surface area contributed by atoms with Crippen molar-refractivity contribution in [3.8, 4) is 11.9 Å². The van der Waals surface area contributed by atoms with Gasteiger partial charge in [-0.1, -0.05) is 0 Å². The highest BCUT2D eigenvalue weighted by Crippen LogP contribution is 2.34. The fourth-order valence-electron chi connectivity index (χ4n) is 5.52. The quantitative estimate of drug-likeness (QED) is 0.631. The largest absolute Gasteiger partial charge is 0.476 e. The number of nitriles is 1. The summed E-state index contributed by atoms with van der Waals surface area (Å²) in [7, 11) is 0. The third-order valence-corrected chi connectivity index (χ3v) is 7.29. The second kappa shape index (κ2) is 8.75. The minimum Gasteiger partial charge on any atom is -0.476 e. The molecule has 0 bridgehead atoms. The summed E-state index contributed by atoms with van der Waals surface area (Å²) in [5, 5.41) is 13.9. The number of pyridine rings is 2. The Hall–Kier alpha value is -3.41. The Morgan fingerprint density at radius 3 is 2.82 bits per heavy atom. The highest BCUT2D eigenvalue weighted by molar-refractivity contribution is 5.95. The van der Waals surface area contributed by atoms with Gasteiger partial charge in [0.15, 0.2) is 0 Å². The summed E-state index contributed by atoms with van der Waals surface area (Å²) in [5.74, 6) is 1.78. The van der Waals surface area contributed by atoms with Crippen LogP contribution in [0.5, 0.6) is 5.88 Å². The molecule has 174 valence electrons. The van der Waals surface area contributed by atoms with Crippen LogP contribution in [0.1, 0.15) is 18.1 Å². The molecule has 3 aliphatic rings. The number of aromatic nitrogens is 2. The Morgan fingerprint density at radius 1 is 1.09 bits per heavy atom. The molecule has 8 nitrogen and oxygen atoms in total. The minimum atomic E-state index is 0.253. The topological polar surface area (TPSA) is 80.5 Å². The molecule has 2 saturated heterocycles. The lowest BCUT2D eigenvalue weighted by Gasteiger charge is -2.45. The van der Waals surface area contributed by atoms with Gasteiger partial charge in [0.1, 0.15) is 18.5 Å². The van der Waals surface area contributed by atoms with E-state index in [0.717, 1.165) is 79.7 Å². The number of fused-ring (bicyclic) bond motifs is 3. The number of hydrogen-bond donors (Lipinski definition) is 1. The molecule has 0 unspecified atom stereocenters. The molecule has 2 atom stereocenters. The van der Waals surface area contributed by atoms with E-state index in [1.165, 1.54) is 0 Å². The summed E-state index contributed by atoms with van der Waals surface area (Å²) >= 11 is 0. The molecule has 0 saturated carbocycles. The van der Waals surface area contributed by atoms with Crippen molar-refractivity contribution in [1.82, 2.24) is 20.2 Å². The third-order valence-electron chi connectivity index (χ3n) is 7.29. The second-order valence-electron chi connectivity index (χ2n) is 9.41. The zero-order valence-corrected chi connectivity index (χ0v) is 19.4. The first-order valence-electron chi connectivity index (χ1n) is 12.1. The van der Waals surface area contributed by atoms with Crippen molar-refractivity contribution >= 4 is 22.4 Å². The molecular weight excluding hydrogens is 426 g/mol. The average molecular weight is 456 g/mol. The van der Waals surface area contributed by atoms with Crippen LogP contribution in [-0.4, -0.2) is 72.8 Å².